The van der Waals surface area contributed by atoms with Crippen LogP contribution in [0.4, 0.5) is 0 Å². The first-order valence-electron chi connectivity index (χ1n) is 4.97. The smallest absolute Gasteiger partial charge is 0.144 e. The predicted molar refractivity (Wildman–Crippen MR) is 62.8 cm³/mol. The molecule has 0 atom stereocenters. The van der Waals surface area contributed by atoms with Gasteiger partial charge in [0.2, 0.25) is 0 Å². The standard InChI is InChI=1S/C13H13NO2/c1-15-11-5-3-4-10(8-11)12-6-7-14-9-13(12)16-2/h3-9H,1-2H3. The minimum absolute atomic E-state index is 0.760. The number of nitrogens with zero attached hydrogens (tertiary/aromatic N) is 1. The minimum atomic E-state index is 0.760. The van der Waals surface area contributed by atoms with Gasteiger partial charge in [-0.25, -0.2) is 0 Å². The van der Waals surface area contributed by atoms with Crippen LogP contribution >= 0.6 is 0 Å². The first kappa shape index (κ1) is 10.5. The number of pyridine rings is 1. The van der Waals surface area contributed by atoms with Gasteiger partial charge in [-0.15, -0.1) is 0 Å². The lowest BCUT2D eigenvalue weighted by Gasteiger charge is -2.08. The van der Waals surface area contributed by atoms with Crippen molar-refractivity contribution in [3.8, 4) is 22.6 Å². The Morgan fingerprint density at radius 2 is 1.94 bits per heavy atom. The second-order valence-electron chi connectivity index (χ2n) is 3.31. The Balaban J connectivity index is 2.49. The molecule has 0 spiro atoms. The van der Waals surface area contributed by atoms with E-state index in [2.05, 4.69) is 4.98 Å². The average Bonchev–Trinajstić information content (AvgIpc) is 2.38. The molecule has 0 radical (unpaired) electrons. The largest absolute Gasteiger partial charge is 0.497 e. The highest BCUT2D eigenvalue weighted by atomic mass is 16.5. The third-order valence-electron chi connectivity index (χ3n) is 2.39. The fraction of sp³-hybridized carbons (Fsp3) is 0.154. The van der Waals surface area contributed by atoms with Crippen molar-refractivity contribution in [2.75, 3.05) is 14.2 Å². The SMILES string of the molecule is COc1cccc(-c2ccncc2OC)c1. The quantitative estimate of drug-likeness (QED) is 0.788. The van der Waals surface area contributed by atoms with Crippen LogP contribution in [0.3, 0.4) is 0 Å². The molecule has 0 aliphatic rings. The molecule has 2 rings (SSSR count). The molecule has 0 aliphatic heterocycles. The lowest BCUT2D eigenvalue weighted by atomic mass is 10.1. The Hall–Kier alpha value is -2.03. The van der Waals surface area contributed by atoms with E-state index < -0.39 is 0 Å². The molecule has 1 aromatic heterocycles. The molecule has 0 unspecified atom stereocenters. The Labute approximate surface area is 94.7 Å². The summed E-state index contributed by atoms with van der Waals surface area (Å²) < 4.78 is 10.5. The van der Waals surface area contributed by atoms with Gasteiger partial charge in [0.1, 0.15) is 11.5 Å². The van der Waals surface area contributed by atoms with Crippen LogP contribution < -0.4 is 9.47 Å². The molecule has 0 bridgehead atoms. The third kappa shape index (κ3) is 1.98. The summed E-state index contributed by atoms with van der Waals surface area (Å²) in [6.07, 6.45) is 3.45. The molecule has 0 N–H and O–H groups in total. The van der Waals surface area contributed by atoms with Crippen LogP contribution in [0, 0.1) is 0 Å². The second kappa shape index (κ2) is 4.66. The predicted octanol–water partition coefficient (Wildman–Crippen LogP) is 2.77. The van der Waals surface area contributed by atoms with Gasteiger partial charge in [-0.05, 0) is 23.8 Å². The molecule has 0 aliphatic carbocycles. The van der Waals surface area contributed by atoms with Gasteiger partial charge >= 0.3 is 0 Å². The molecule has 3 heteroatoms. The highest BCUT2D eigenvalue weighted by Gasteiger charge is 2.05. The fourth-order valence-corrected chi connectivity index (χ4v) is 1.57. The van der Waals surface area contributed by atoms with Crippen LogP contribution in [-0.4, -0.2) is 19.2 Å². The van der Waals surface area contributed by atoms with Gasteiger partial charge in [-0.1, -0.05) is 12.1 Å². The molecule has 1 aromatic carbocycles. The van der Waals surface area contributed by atoms with Crippen molar-refractivity contribution in [2.24, 2.45) is 0 Å². The van der Waals surface area contributed by atoms with Crippen molar-refractivity contribution in [3.63, 3.8) is 0 Å². The topological polar surface area (TPSA) is 31.4 Å². The van der Waals surface area contributed by atoms with Crippen LogP contribution in [0.15, 0.2) is 42.7 Å². The number of rotatable bonds is 3. The zero-order valence-electron chi connectivity index (χ0n) is 9.31. The Morgan fingerprint density at radius 3 is 2.69 bits per heavy atom. The van der Waals surface area contributed by atoms with Crippen molar-refractivity contribution in [1.29, 1.82) is 0 Å². The van der Waals surface area contributed by atoms with Gasteiger partial charge in [-0.2, -0.15) is 0 Å². The molecule has 2 aromatic rings. The maximum Gasteiger partial charge on any atom is 0.144 e. The van der Waals surface area contributed by atoms with Crippen LogP contribution in [0.5, 0.6) is 11.5 Å². The summed E-state index contributed by atoms with van der Waals surface area (Å²) >= 11 is 0. The van der Waals surface area contributed by atoms with E-state index in [-0.39, 0.29) is 0 Å². The second-order valence-corrected chi connectivity index (χ2v) is 3.31. The van der Waals surface area contributed by atoms with Crippen molar-refractivity contribution < 1.29 is 9.47 Å². The average molecular weight is 215 g/mol. The van der Waals surface area contributed by atoms with Gasteiger partial charge in [0.05, 0.1) is 20.4 Å². The number of hydrogen-bond donors (Lipinski definition) is 0. The lowest BCUT2D eigenvalue weighted by molar-refractivity contribution is 0.413. The molecule has 82 valence electrons. The van der Waals surface area contributed by atoms with E-state index in [1.54, 1.807) is 26.6 Å². The normalized spacial score (nSPS) is 9.88. The van der Waals surface area contributed by atoms with E-state index in [1.165, 1.54) is 0 Å². The van der Waals surface area contributed by atoms with E-state index in [1.807, 2.05) is 30.3 Å². The van der Waals surface area contributed by atoms with E-state index in [9.17, 15) is 0 Å². The molecule has 3 nitrogen and oxygen atoms in total. The Bertz CT molecular complexity index is 483. The van der Waals surface area contributed by atoms with Crippen molar-refractivity contribution in [3.05, 3.63) is 42.7 Å². The van der Waals surface area contributed by atoms with Gasteiger partial charge < -0.3 is 9.47 Å². The number of aromatic nitrogens is 1. The number of methoxy groups -OCH3 is 2. The molecule has 16 heavy (non-hydrogen) atoms. The first-order chi connectivity index (χ1) is 7.85. The van der Waals surface area contributed by atoms with E-state index in [0.717, 1.165) is 22.6 Å². The van der Waals surface area contributed by atoms with Gasteiger partial charge in [-0.3, -0.25) is 4.98 Å². The number of ether oxygens (including phenoxy) is 2. The van der Waals surface area contributed by atoms with Crippen LogP contribution in [0.2, 0.25) is 0 Å². The molecule has 0 saturated heterocycles. The Kier molecular flexibility index (Phi) is 3.05. The van der Waals surface area contributed by atoms with Gasteiger partial charge in [0, 0.05) is 11.8 Å². The highest BCUT2D eigenvalue weighted by molar-refractivity contribution is 5.70. The minimum Gasteiger partial charge on any atom is -0.497 e. The number of benzene rings is 1. The van der Waals surface area contributed by atoms with E-state index >= 15 is 0 Å². The summed E-state index contributed by atoms with van der Waals surface area (Å²) in [5.41, 5.74) is 2.06. The van der Waals surface area contributed by atoms with Crippen molar-refractivity contribution in [2.45, 2.75) is 0 Å². The molecule has 0 saturated carbocycles. The summed E-state index contributed by atoms with van der Waals surface area (Å²) in [6.45, 7) is 0. The molecular formula is C13H13NO2. The first-order valence-corrected chi connectivity index (χ1v) is 4.97. The third-order valence-corrected chi connectivity index (χ3v) is 2.39. The lowest BCUT2D eigenvalue weighted by Crippen LogP contribution is -1.89. The van der Waals surface area contributed by atoms with Crippen molar-refractivity contribution >= 4 is 0 Å². The molecule has 0 amide bonds. The van der Waals surface area contributed by atoms with Crippen LogP contribution in [0.1, 0.15) is 0 Å². The van der Waals surface area contributed by atoms with Crippen LogP contribution in [-0.2, 0) is 0 Å². The maximum atomic E-state index is 5.27. The van der Waals surface area contributed by atoms with E-state index in [4.69, 9.17) is 9.47 Å². The maximum absolute atomic E-state index is 5.27. The highest BCUT2D eigenvalue weighted by Crippen LogP contribution is 2.30. The molecular weight excluding hydrogens is 202 g/mol. The fourth-order valence-electron chi connectivity index (χ4n) is 1.57. The Morgan fingerprint density at radius 1 is 1.06 bits per heavy atom. The van der Waals surface area contributed by atoms with Gasteiger partial charge in [0.15, 0.2) is 0 Å². The zero-order chi connectivity index (χ0) is 11.4. The monoisotopic (exact) mass is 215 g/mol. The zero-order valence-corrected chi connectivity index (χ0v) is 9.31. The molecule has 1 heterocycles. The number of hydrogen-bond acceptors (Lipinski definition) is 3. The van der Waals surface area contributed by atoms with E-state index in [0.29, 0.717) is 0 Å². The van der Waals surface area contributed by atoms with Crippen LogP contribution in [0.25, 0.3) is 11.1 Å². The summed E-state index contributed by atoms with van der Waals surface area (Å²) in [4.78, 5) is 4.03. The summed E-state index contributed by atoms with van der Waals surface area (Å²) in [7, 11) is 3.30. The summed E-state index contributed by atoms with van der Waals surface area (Å²) in [5.74, 6) is 1.59. The molecule has 0 fully saturated rings. The summed E-state index contributed by atoms with van der Waals surface area (Å²) in [5, 5.41) is 0. The van der Waals surface area contributed by atoms with Gasteiger partial charge in [0.25, 0.3) is 0 Å². The van der Waals surface area contributed by atoms with Crippen molar-refractivity contribution in [1.82, 2.24) is 4.98 Å². The summed E-state index contributed by atoms with van der Waals surface area (Å²) in [6, 6.07) is 9.77.